The Bertz CT molecular complexity index is 129. The molecule has 0 unspecified atom stereocenters. The summed E-state index contributed by atoms with van der Waals surface area (Å²) in [6, 6.07) is 0. The molecule has 0 saturated heterocycles. The Labute approximate surface area is 59.8 Å². The summed E-state index contributed by atoms with van der Waals surface area (Å²) in [7, 11) is 0. The van der Waals surface area contributed by atoms with Gasteiger partial charge in [-0.3, -0.25) is 0 Å². The lowest BCUT2D eigenvalue weighted by Gasteiger charge is -2.23. The summed E-state index contributed by atoms with van der Waals surface area (Å²) >= 11 is 0. The van der Waals surface area contributed by atoms with Crippen LogP contribution >= 0.6 is 0 Å². The van der Waals surface area contributed by atoms with E-state index in [-0.39, 0.29) is 0 Å². The van der Waals surface area contributed by atoms with E-state index in [4.69, 9.17) is 5.11 Å². The van der Waals surface area contributed by atoms with E-state index in [9.17, 15) is 22.0 Å². The summed E-state index contributed by atoms with van der Waals surface area (Å²) in [5.74, 6) is -5.00. The number of aliphatic hydroxyl groups is 1. The second-order valence-electron chi connectivity index (χ2n) is 2.04. The maximum atomic E-state index is 11.9. The van der Waals surface area contributed by atoms with Crippen LogP contribution in [0.5, 0.6) is 0 Å². The zero-order valence-corrected chi connectivity index (χ0v) is 5.62. The first-order chi connectivity index (χ1) is 4.73. The molecule has 0 radical (unpaired) electrons. The average Bonchev–Trinajstić information content (AvgIpc) is 1.83. The molecule has 0 aromatic heterocycles. The zero-order chi connectivity index (χ0) is 9.28. The van der Waals surface area contributed by atoms with Gasteiger partial charge in [-0.1, -0.05) is 6.92 Å². The SMILES string of the molecule is CC[C@H](O)C(F)(F)C(F)(F)F. The fourth-order valence-corrected chi connectivity index (χ4v) is 0.445. The maximum Gasteiger partial charge on any atom is 0.456 e. The van der Waals surface area contributed by atoms with Crippen LogP contribution in [0.2, 0.25) is 0 Å². The Balaban J connectivity index is 4.45. The molecule has 6 heteroatoms. The van der Waals surface area contributed by atoms with Crippen molar-refractivity contribution in [2.45, 2.75) is 31.5 Å². The monoisotopic (exact) mass is 178 g/mol. The molecule has 0 aromatic carbocycles. The van der Waals surface area contributed by atoms with Crippen molar-refractivity contribution in [2.75, 3.05) is 0 Å². The lowest BCUT2D eigenvalue weighted by molar-refractivity contribution is -0.312. The van der Waals surface area contributed by atoms with Crippen molar-refractivity contribution in [2.24, 2.45) is 0 Å². The Morgan fingerprint density at radius 3 is 1.64 bits per heavy atom. The van der Waals surface area contributed by atoms with Crippen molar-refractivity contribution >= 4 is 0 Å². The molecule has 0 saturated carbocycles. The number of hydrogen-bond acceptors (Lipinski definition) is 1. The summed E-state index contributed by atoms with van der Waals surface area (Å²) in [6.07, 6.45) is -8.95. The molecule has 0 spiro atoms. The number of halogens is 5. The zero-order valence-electron chi connectivity index (χ0n) is 5.62. The Morgan fingerprint density at radius 1 is 1.18 bits per heavy atom. The van der Waals surface area contributed by atoms with Crippen LogP contribution < -0.4 is 0 Å². The summed E-state index contributed by atoms with van der Waals surface area (Å²) in [5, 5.41) is 8.25. The van der Waals surface area contributed by atoms with Crippen molar-refractivity contribution in [1.82, 2.24) is 0 Å². The van der Waals surface area contributed by atoms with Crippen LogP contribution in [0.1, 0.15) is 13.3 Å². The third kappa shape index (κ3) is 2.02. The first-order valence-corrected chi connectivity index (χ1v) is 2.86. The fraction of sp³-hybridized carbons (Fsp3) is 1.00. The minimum atomic E-state index is -5.66. The molecule has 1 atom stereocenters. The predicted molar refractivity (Wildman–Crippen MR) is 27.3 cm³/mol. The normalized spacial score (nSPS) is 16.6. The Hall–Kier alpha value is -0.390. The number of aliphatic hydroxyl groups excluding tert-OH is 1. The largest absolute Gasteiger partial charge is 0.456 e. The minimum Gasteiger partial charge on any atom is -0.386 e. The molecule has 68 valence electrons. The van der Waals surface area contributed by atoms with Gasteiger partial charge in [0.1, 0.15) is 6.10 Å². The van der Waals surface area contributed by atoms with Crippen LogP contribution in [0.25, 0.3) is 0 Å². The highest BCUT2D eigenvalue weighted by Crippen LogP contribution is 2.38. The summed E-state index contributed by atoms with van der Waals surface area (Å²) < 4.78 is 58.0. The molecule has 0 heterocycles. The molecule has 11 heavy (non-hydrogen) atoms. The van der Waals surface area contributed by atoms with Gasteiger partial charge in [-0.15, -0.1) is 0 Å². The lowest BCUT2D eigenvalue weighted by atomic mass is 10.1. The third-order valence-corrected chi connectivity index (χ3v) is 1.18. The molecule has 1 N–H and O–H groups in total. The van der Waals surface area contributed by atoms with E-state index in [0.29, 0.717) is 0 Å². The highest BCUT2D eigenvalue weighted by Gasteiger charge is 2.61. The Kier molecular flexibility index (Phi) is 2.82. The highest BCUT2D eigenvalue weighted by molar-refractivity contribution is 4.82. The summed E-state index contributed by atoms with van der Waals surface area (Å²) in [4.78, 5) is 0. The summed E-state index contributed by atoms with van der Waals surface area (Å²) in [5.41, 5.74) is 0. The van der Waals surface area contributed by atoms with E-state index in [1.54, 1.807) is 0 Å². The maximum absolute atomic E-state index is 11.9. The van der Waals surface area contributed by atoms with Gasteiger partial charge in [0, 0.05) is 0 Å². The van der Waals surface area contributed by atoms with Crippen LogP contribution in [-0.4, -0.2) is 23.3 Å². The molecule has 0 bridgehead atoms. The predicted octanol–water partition coefficient (Wildman–Crippen LogP) is 1.95. The fourth-order valence-electron chi connectivity index (χ4n) is 0.445. The van der Waals surface area contributed by atoms with Crippen LogP contribution in [0.3, 0.4) is 0 Å². The minimum absolute atomic E-state index is 0.632. The average molecular weight is 178 g/mol. The van der Waals surface area contributed by atoms with E-state index in [1.165, 1.54) is 0 Å². The molecule has 0 amide bonds. The van der Waals surface area contributed by atoms with Gasteiger partial charge in [0.05, 0.1) is 0 Å². The van der Waals surface area contributed by atoms with Gasteiger partial charge in [-0.05, 0) is 6.42 Å². The molecule has 0 aliphatic heterocycles. The summed E-state index contributed by atoms with van der Waals surface area (Å²) in [6.45, 7) is 1.05. The van der Waals surface area contributed by atoms with Crippen molar-refractivity contribution < 1.29 is 27.1 Å². The van der Waals surface area contributed by atoms with Crippen molar-refractivity contribution in [3.63, 3.8) is 0 Å². The second-order valence-corrected chi connectivity index (χ2v) is 2.04. The van der Waals surface area contributed by atoms with Crippen molar-refractivity contribution in [3.8, 4) is 0 Å². The van der Waals surface area contributed by atoms with Crippen molar-refractivity contribution in [3.05, 3.63) is 0 Å². The molecular weight excluding hydrogens is 171 g/mol. The van der Waals surface area contributed by atoms with E-state index < -0.39 is 24.6 Å². The van der Waals surface area contributed by atoms with Gasteiger partial charge < -0.3 is 5.11 Å². The first-order valence-electron chi connectivity index (χ1n) is 2.86. The van der Waals surface area contributed by atoms with E-state index in [1.807, 2.05) is 0 Å². The first kappa shape index (κ1) is 10.6. The van der Waals surface area contributed by atoms with Gasteiger partial charge in [0.15, 0.2) is 0 Å². The number of hydrogen-bond donors (Lipinski definition) is 1. The topological polar surface area (TPSA) is 20.2 Å². The molecule has 0 fully saturated rings. The molecule has 0 aromatic rings. The van der Waals surface area contributed by atoms with Gasteiger partial charge in [-0.2, -0.15) is 22.0 Å². The molecule has 1 nitrogen and oxygen atoms in total. The van der Waals surface area contributed by atoms with Gasteiger partial charge >= 0.3 is 12.1 Å². The van der Waals surface area contributed by atoms with E-state index in [0.717, 1.165) is 6.92 Å². The smallest absolute Gasteiger partial charge is 0.386 e. The van der Waals surface area contributed by atoms with Crippen LogP contribution in [0.4, 0.5) is 22.0 Å². The van der Waals surface area contributed by atoms with Crippen LogP contribution in [0, 0.1) is 0 Å². The number of rotatable bonds is 2. The van der Waals surface area contributed by atoms with Crippen molar-refractivity contribution in [1.29, 1.82) is 0 Å². The van der Waals surface area contributed by atoms with Crippen LogP contribution in [-0.2, 0) is 0 Å². The third-order valence-electron chi connectivity index (χ3n) is 1.18. The molecule has 0 aliphatic carbocycles. The van der Waals surface area contributed by atoms with Gasteiger partial charge in [0.25, 0.3) is 0 Å². The highest BCUT2D eigenvalue weighted by atomic mass is 19.4. The number of alkyl halides is 5. The van der Waals surface area contributed by atoms with Crippen LogP contribution in [0.15, 0.2) is 0 Å². The molecular formula is C5H7F5O. The molecule has 0 rings (SSSR count). The van der Waals surface area contributed by atoms with E-state index >= 15 is 0 Å². The quantitative estimate of drug-likeness (QED) is 0.641. The Morgan fingerprint density at radius 2 is 1.55 bits per heavy atom. The van der Waals surface area contributed by atoms with Gasteiger partial charge in [-0.25, -0.2) is 0 Å². The second kappa shape index (κ2) is 2.92. The lowest BCUT2D eigenvalue weighted by Crippen LogP contribution is -2.46. The van der Waals surface area contributed by atoms with Gasteiger partial charge in [0.2, 0.25) is 0 Å². The molecule has 0 aliphatic rings. The standard InChI is InChI=1S/C5H7F5O/c1-2-3(11)4(6,7)5(8,9)10/h3,11H,2H2,1H3/t3-/m0/s1. The van der Waals surface area contributed by atoms with E-state index in [2.05, 4.69) is 0 Å².